The number of carbonyl (C=O) groups excluding carboxylic acids is 1. The maximum atomic E-state index is 12.3. The summed E-state index contributed by atoms with van der Waals surface area (Å²) in [6, 6.07) is 0. The Morgan fingerprint density at radius 3 is 2.76 bits per heavy atom. The average Bonchev–Trinajstić information content (AvgIpc) is 3.11. The highest BCUT2D eigenvalue weighted by Crippen LogP contribution is 2.41. The van der Waals surface area contributed by atoms with Gasteiger partial charge in [0.15, 0.2) is 0 Å². The molecule has 2 aliphatic heterocycles. The summed E-state index contributed by atoms with van der Waals surface area (Å²) in [5.74, 6) is 1.81. The molecule has 3 rings (SSSR count). The molecule has 0 radical (unpaired) electrons. The van der Waals surface area contributed by atoms with Crippen LogP contribution in [0.15, 0.2) is 0 Å². The molecular formula is C17H30N2O2. The second-order valence-electron chi connectivity index (χ2n) is 8.42. The summed E-state index contributed by atoms with van der Waals surface area (Å²) in [4.78, 5) is 14.2. The van der Waals surface area contributed by atoms with Crippen LogP contribution in [0.25, 0.3) is 0 Å². The van der Waals surface area contributed by atoms with Crippen molar-refractivity contribution in [3.8, 4) is 0 Å². The summed E-state index contributed by atoms with van der Waals surface area (Å²) < 4.78 is 5.54. The highest BCUT2D eigenvalue weighted by atomic mass is 16.6. The Bertz CT molecular complexity index is 400. The van der Waals surface area contributed by atoms with Crippen molar-refractivity contribution < 1.29 is 9.53 Å². The molecule has 120 valence electrons. The minimum Gasteiger partial charge on any atom is -0.444 e. The quantitative estimate of drug-likeness (QED) is 0.850. The monoisotopic (exact) mass is 294 g/mol. The lowest BCUT2D eigenvalue weighted by Crippen LogP contribution is -2.56. The maximum Gasteiger partial charge on any atom is 0.410 e. The van der Waals surface area contributed by atoms with Gasteiger partial charge in [0.25, 0.3) is 0 Å². The van der Waals surface area contributed by atoms with E-state index in [1.54, 1.807) is 0 Å². The van der Waals surface area contributed by atoms with Crippen LogP contribution in [0.5, 0.6) is 0 Å². The molecule has 2 heterocycles. The minimum atomic E-state index is -0.403. The molecule has 0 aromatic carbocycles. The van der Waals surface area contributed by atoms with E-state index in [0.717, 1.165) is 37.9 Å². The molecular weight excluding hydrogens is 264 g/mol. The van der Waals surface area contributed by atoms with E-state index in [1.807, 2.05) is 25.7 Å². The lowest BCUT2D eigenvalue weighted by Gasteiger charge is -2.41. The fourth-order valence-corrected chi connectivity index (χ4v) is 3.97. The van der Waals surface area contributed by atoms with E-state index in [0.29, 0.717) is 0 Å². The Morgan fingerprint density at radius 1 is 1.33 bits per heavy atom. The third-order valence-corrected chi connectivity index (χ3v) is 5.04. The van der Waals surface area contributed by atoms with Crippen LogP contribution < -0.4 is 5.32 Å². The van der Waals surface area contributed by atoms with Gasteiger partial charge in [-0.1, -0.05) is 12.8 Å². The largest absolute Gasteiger partial charge is 0.444 e. The van der Waals surface area contributed by atoms with Crippen LogP contribution in [0, 0.1) is 11.8 Å². The first kappa shape index (κ1) is 15.1. The second kappa shape index (κ2) is 5.45. The average molecular weight is 294 g/mol. The normalized spacial score (nSPS) is 33.5. The molecule has 1 saturated carbocycles. The van der Waals surface area contributed by atoms with Crippen molar-refractivity contribution in [2.24, 2.45) is 11.8 Å². The van der Waals surface area contributed by atoms with Crippen molar-refractivity contribution in [3.05, 3.63) is 0 Å². The van der Waals surface area contributed by atoms with Gasteiger partial charge in [-0.25, -0.2) is 4.79 Å². The number of piperidine rings is 1. The number of rotatable bonds is 2. The highest BCUT2D eigenvalue weighted by molar-refractivity contribution is 5.68. The van der Waals surface area contributed by atoms with Gasteiger partial charge in [-0.3, -0.25) is 0 Å². The number of hydrogen-bond acceptors (Lipinski definition) is 3. The zero-order valence-corrected chi connectivity index (χ0v) is 13.8. The van der Waals surface area contributed by atoms with Crippen molar-refractivity contribution >= 4 is 6.09 Å². The SMILES string of the molecule is CC(C)(C)OC(=O)N1CCCC2(CC(CC3CC3)CN2)C1. The summed E-state index contributed by atoms with van der Waals surface area (Å²) >= 11 is 0. The highest BCUT2D eigenvalue weighted by Gasteiger charge is 2.44. The first-order valence-electron chi connectivity index (χ1n) is 8.58. The number of nitrogens with one attached hydrogen (secondary N) is 1. The molecule has 21 heavy (non-hydrogen) atoms. The molecule has 0 bridgehead atoms. The molecule has 3 fully saturated rings. The first-order chi connectivity index (χ1) is 9.85. The molecule has 4 nitrogen and oxygen atoms in total. The van der Waals surface area contributed by atoms with E-state index in [4.69, 9.17) is 4.74 Å². The van der Waals surface area contributed by atoms with Crippen molar-refractivity contribution in [1.29, 1.82) is 0 Å². The molecule has 2 atom stereocenters. The Kier molecular flexibility index (Phi) is 3.93. The number of carbonyl (C=O) groups is 1. The van der Waals surface area contributed by atoms with Crippen molar-refractivity contribution in [3.63, 3.8) is 0 Å². The molecule has 4 heteroatoms. The van der Waals surface area contributed by atoms with E-state index in [1.165, 1.54) is 32.1 Å². The van der Waals surface area contributed by atoms with E-state index < -0.39 is 5.60 Å². The predicted octanol–water partition coefficient (Wildman–Crippen LogP) is 3.17. The maximum absolute atomic E-state index is 12.3. The van der Waals surface area contributed by atoms with Gasteiger partial charge in [0.1, 0.15) is 5.60 Å². The van der Waals surface area contributed by atoms with Gasteiger partial charge in [-0.2, -0.15) is 0 Å². The van der Waals surface area contributed by atoms with E-state index in [9.17, 15) is 4.79 Å². The molecule has 1 N–H and O–H groups in total. The second-order valence-corrected chi connectivity index (χ2v) is 8.42. The van der Waals surface area contributed by atoms with Gasteiger partial charge < -0.3 is 15.0 Å². The van der Waals surface area contributed by atoms with Crippen LogP contribution in [-0.4, -0.2) is 41.8 Å². The summed E-state index contributed by atoms with van der Waals surface area (Å²) in [6.07, 6.45) is 7.65. The van der Waals surface area contributed by atoms with Crippen molar-refractivity contribution in [1.82, 2.24) is 10.2 Å². The van der Waals surface area contributed by atoms with Gasteiger partial charge in [0.05, 0.1) is 0 Å². The Balaban J connectivity index is 1.56. The van der Waals surface area contributed by atoms with E-state index >= 15 is 0 Å². The molecule has 2 saturated heterocycles. The molecule has 3 aliphatic rings. The Labute approximate surface area is 128 Å². The van der Waals surface area contributed by atoms with Crippen LogP contribution in [0.1, 0.15) is 59.3 Å². The molecule has 0 aromatic heterocycles. The predicted molar refractivity (Wildman–Crippen MR) is 83.2 cm³/mol. The summed E-state index contributed by atoms with van der Waals surface area (Å²) in [6.45, 7) is 8.60. The van der Waals surface area contributed by atoms with Crippen LogP contribution in [0.3, 0.4) is 0 Å². The topological polar surface area (TPSA) is 41.6 Å². The third kappa shape index (κ3) is 3.91. The molecule has 1 spiro atoms. The molecule has 0 aromatic rings. The molecule has 1 aliphatic carbocycles. The van der Waals surface area contributed by atoms with E-state index in [2.05, 4.69) is 5.32 Å². The molecule has 1 amide bonds. The standard InChI is InChI=1S/C17H30N2O2/c1-16(2,3)21-15(20)19-8-4-7-17(12-19)10-14(11-18-17)9-13-5-6-13/h13-14,18H,4-12H2,1-3H3. The van der Waals surface area contributed by atoms with Crippen LogP contribution in [0.2, 0.25) is 0 Å². The van der Waals surface area contributed by atoms with Crippen LogP contribution >= 0.6 is 0 Å². The van der Waals surface area contributed by atoms with Gasteiger partial charge >= 0.3 is 6.09 Å². The number of likely N-dealkylation sites (tertiary alicyclic amines) is 1. The van der Waals surface area contributed by atoms with Gasteiger partial charge in [-0.15, -0.1) is 0 Å². The van der Waals surface area contributed by atoms with Crippen LogP contribution in [0.4, 0.5) is 4.79 Å². The van der Waals surface area contributed by atoms with Gasteiger partial charge in [0, 0.05) is 18.6 Å². The van der Waals surface area contributed by atoms with Crippen LogP contribution in [-0.2, 0) is 4.74 Å². The van der Waals surface area contributed by atoms with Crippen molar-refractivity contribution in [2.75, 3.05) is 19.6 Å². The summed E-state index contributed by atoms with van der Waals surface area (Å²) in [5.41, 5.74) is -0.242. The lowest BCUT2D eigenvalue weighted by atomic mass is 9.84. The zero-order chi connectivity index (χ0) is 15.1. The zero-order valence-electron chi connectivity index (χ0n) is 13.8. The Morgan fingerprint density at radius 2 is 2.10 bits per heavy atom. The molecule has 2 unspecified atom stereocenters. The van der Waals surface area contributed by atoms with Gasteiger partial charge in [0.2, 0.25) is 0 Å². The fraction of sp³-hybridized carbons (Fsp3) is 0.941. The first-order valence-corrected chi connectivity index (χ1v) is 8.58. The van der Waals surface area contributed by atoms with E-state index in [-0.39, 0.29) is 11.6 Å². The third-order valence-electron chi connectivity index (χ3n) is 5.04. The lowest BCUT2D eigenvalue weighted by molar-refractivity contribution is 0.0121. The summed E-state index contributed by atoms with van der Waals surface area (Å²) in [7, 11) is 0. The number of hydrogen-bond donors (Lipinski definition) is 1. The number of amides is 1. The number of ether oxygens (including phenoxy) is 1. The Hall–Kier alpha value is -0.770. The minimum absolute atomic E-state index is 0.144. The van der Waals surface area contributed by atoms with Crippen molar-refractivity contribution in [2.45, 2.75) is 70.4 Å². The number of nitrogens with zero attached hydrogens (tertiary/aromatic N) is 1. The summed E-state index contributed by atoms with van der Waals surface area (Å²) in [5, 5.41) is 3.75. The fourth-order valence-electron chi connectivity index (χ4n) is 3.97. The van der Waals surface area contributed by atoms with Gasteiger partial charge in [-0.05, 0) is 64.8 Å². The smallest absolute Gasteiger partial charge is 0.410 e.